The lowest BCUT2D eigenvalue weighted by Crippen LogP contribution is -2.41. The highest BCUT2D eigenvalue weighted by atomic mass is 32.1. The van der Waals surface area contributed by atoms with Gasteiger partial charge in [-0.05, 0) is 81.5 Å². The number of carbonyl (C=O) groups excluding carboxylic acids is 2. The lowest BCUT2D eigenvalue weighted by Gasteiger charge is -2.33. The Morgan fingerprint density at radius 2 is 1.82 bits per heavy atom. The predicted molar refractivity (Wildman–Crippen MR) is 193 cm³/mol. The molecule has 13 heteroatoms. The molecule has 3 aromatic rings. The van der Waals surface area contributed by atoms with Gasteiger partial charge in [-0.1, -0.05) is 50.3 Å². The molecule has 3 unspecified atom stereocenters. The van der Waals surface area contributed by atoms with Crippen molar-refractivity contribution in [1.82, 2.24) is 35.1 Å². The Kier molecular flexibility index (Phi) is 14.0. The average Bonchev–Trinajstić information content (AvgIpc) is 3.58. The number of aliphatic hydroxyl groups is 1. The van der Waals surface area contributed by atoms with Crippen LogP contribution in [0.4, 0.5) is 8.78 Å². The van der Waals surface area contributed by atoms with Crippen molar-refractivity contribution in [3.8, 4) is 10.4 Å². The molecule has 1 aliphatic carbocycles. The Morgan fingerprint density at radius 1 is 1.14 bits per heavy atom. The molecule has 2 amide bonds. The summed E-state index contributed by atoms with van der Waals surface area (Å²) in [6.07, 6.45) is 7.98. The predicted octanol–water partition coefficient (Wildman–Crippen LogP) is 6.15. The topological polar surface area (TPSA) is 116 Å². The number of aryl methyl sites for hydroxylation is 2. The maximum absolute atomic E-state index is 13.4. The van der Waals surface area contributed by atoms with Crippen molar-refractivity contribution in [1.29, 1.82) is 0 Å². The summed E-state index contributed by atoms with van der Waals surface area (Å²) in [5.74, 6) is -2.37. The summed E-state index contributed by atoms with van der Waals surface area (Å²) >= 11 is 1.64. The van der Waals surface area contributed by atoms with Gasteiger partial charge in [0.05, 0.1) is 27.7 Å². The second-order valence-corrected chi connectivity index (χ2v) is 15.7. The molecule has 0 radical (unpaired) electrons. The summed E-state index contributed by atoms with van der Waals surface area (Å²) in [5, 5.41) is 18.4. The Morgan fingerprint density at radius 3 is 2.36 bits per heavy atom. The van der Waals surface area contributed by atoms with Crippen molar-refractivity contribution in [2.75, 3.05) is 33.3 Å². The fourth-order valence-corrected chi connectivity index (χ4v) is 7.80. The van der Waals surface area contributed by atoms with Crippen LogP contribution < -0.4 is 5.32 Å². The van der Waals surface area contributed by atoms with Gasteiger partial charge in [0.2, 0.25) is 12.3 Å². The first-order valence-electron chi connectivity index (χ1n) is 17.8. The third kappa shape index (κ3) is 10.6. The fourth-order valence-electron chi connectivity index (χ4n) is 6.99. The van der Waals surface area contributed by atoms with E-state index >= 15 is 0 Å². The van der Waals surface area contributed by atoms with Gasteiger partial charge in [-0.25, -0.2) is 13.8 Å². The number of nitrogens with one attached hydrogen (secondary N) is 1. The lowest BCUT2D eigenvalue weighted by atomic mass is 9.78. The summed E-state index contributed by atoms with van der Waals surface area (Å²) in [7, 11) is 1.00. The Labute approximate surface area is 299 Å². The third-order valence-corrected chi connectivity index (χ3v) is 11.0. The number of benzene rings is 1. The van der Waals surface area contributed by atoms with Crippen LogP contribution in [0.1, 0.15) is 89.1 Å². The van der Waals surface area contributed by atoms with E-state index in [1.54, 1.807) is 11.3 Å². The number of hydrogen-bond donors (Lipinski definition) is 2. The van der Waals surface area contributed by atoms with Crippen molar-refractivity contribution in [2.45, 2.75) is 104 Å². The number of alkyl halides is 2. The maximum atomic E-state index is 13.4. The van der Waals surface area contributed by atoms with E-state index in [0.29, 0.717) is 31.5 Å². The van der Waals surface area contributed by atoms with E-state index in [-0.39, 0.29) is 23.7 Å². The van der Waals surface area contributed by atoms with Crippen LogP contribution in [0.25, 0.3) is 10.4 Å². The number of carbonyl (C=O) groups is 2. The largest absolute Gasteiger partial charge is 0.400 e. The molecule has 4 heterocycles. The number of thiazole rings is 1. The van der Waals surface area contributed by atoms with Crippen LogP contribution in [-0.4, -0.2) is 92.5 Å². The zero-order valence-corrected chi connectivity index (χ0v) is 31.3. The molecular formula is C37H55F2N7O3S. The fraction of sp³-hybridized carbons (Fsp3) is 0.649. The van der Waals surface area contributed by atoms with E-state index in [2.05, 4.69) is 65.3 Å². The van der Waals surface area contributed by atoms with Crippen molar-refractivity contribution in [3.63, 3.8) is 0 Å². The van der Waals surface area contributed by atoms with Gasteiger partial charge in [0.25, 0.3) is 5.92 Å². The Balaban J connectivity index is 0.000000261. The standard InChI is InChI=1S/C24H39F2N5O.C12H12N2OS.CH4O/c1-17-6-5-10-31(17)22(32)21(23(2,3)4)20-16-30(28-27-20)13-9-18-7-11-29(12-8-18)15-19-14-24(19,25)26;1-9-12(16-8-14-9)11-4-2-10(3-5-11)6-13-7-15;1-2/h16-19,21H,5-15H2,1-4H3;2-5,7-8H,6H2,1H3,(H,13,15);2H,1H3. The lowest BCUT2D eigenvalue weighted by molar-refractivity contribution is -0.136. The van der Waals surface area contributed by atoms with Crippen molar-refractivity contribution in [2.24, 2.45) is 17.3 Å². The highest BCUT2D eigenvalue weighted by Gasteiger charge is 2.57. The molecular weight excluding hydrogens is 661 g/mol. The summed E-state index contributed by atoms with van der Waals surface area (Å²) < 4.78 is 28.2. The van der Waals surface area contributed by atoms with Crippen molar-refractivity contribution >= 4 is 23.7 Å². The maximum Gasteiger partial charge on any atom is 0.252 e. The molecule has 1 saturated carbocycles. The zero-order valence-electron chi connectivity index (χ0n) is 30.4. The van der Waals surface area contributed by atoms with Gasteiger partial charge in [0.15, 0.2) is 0 Å². The molecule has 50 heavy (non-hydrogen) atoms. The van der Waals surface area contributed by atoms with E-state index in [1.165, 1.54) is 10.4 Å². The van der Waals surface area contributed by atoms with Crippen LogP contribution in [0.5, 0.6) is 0 Å². The second-order valence-electron chi connectivity index (χ2n) is 14.9. The van der Waals surface area contributed by atoms with Gasteiger partial charge >= 0.3 is 0 Å². The van der Waals surface area contributed by atoms with Gasteiger partial charge in [0.1, 0.15) is 0 Å². The molecule has 276 valence electrons. The normalized spacial score (nSPS) is 21.0. The molecule has 3 atom stereocenters. The summed E-state index contributed by atoms with van der Waals surface area (Å²) in [4.78, 5) is 33.2. The van der Waals surface area contributed by atoms with Gasteiger partial charge in [0, 0.05) is 57.9 Å². The number of rotatable bonds is 11. The van der Waals surface area contributed by atoms with E-state index < -0.39 is 11.8 Å². The van der Waals surface area contributed by atoms with E-state index in [0.717, 1.165) is 82.3 Å². The molecule has 6 rings (SSSR count). The number of amides is 2. The first-order chi connectivity index (χ1) is 23.9. The number of aliphatic hydroxyl groups excluding tert-OH is 1. The average molecular weight is 716 g/mol. The zero-order chi connectivity index (χ0) is 36.5. The molecule has 3 fully saturated rings. The smallest absolute Gasteiger partial charge is 0.252 e. The SMILES string of the molecule is CC1CCCN1C(=O)C(c1cn(CCC2CCN(CC3CC3(F)F)CC2)nn1)C(C)(C)C.CO.Cc1ncsc1-c1ccc(CNC=O)cc1. The molecule has 2 saturated heterocycles. The van der Waals surface area contributed by atoms with E-state index in [1.807, 2.05) is 40.3 Å². The first-order valence-corrected chi connectivity index (χ1v) is 18.7. The van der Waals surface area contributed by atoms with Gasteiger partial charge in [-0.15, -0.1) is 16.4 Å². The molecule has 2 aliphatic heterocycles. The minimum absolute atomic E-state index is 0.0658. The number of likely N-dealkylation sites (tertiary alicyclic amines) is 2. The number of hydrogen-bond acceptors (Lipinski definition) is 8. The van der Waals surface area contributed by atoms with E-state index in [9.17, 15) is 18.4 Å². The summed E-state index contributed by atoms with van der Waals surface area (Å²) in [6, 6.07) is 8.44. The molecule has 0 spiro atoms. The number of aromatic nitrogens is 4. The number of piperidine rings is 1. The Hall–Kier alpha value is -3.29. The van der Waals surface area contributed by atoms with Crippen LogP contribution in [0.3, 0.4) is 0 Å². The minimum Gasteiger partial charge on any atom is -0.400 e. The highest BCUT2D eigenvalue weighted by molar-refractivity contribution is 7.13. The molecule has 0 bridgehead atoms. The molecule has 2 aromatic heterocycles. The summed E-state index contributed by atoms with van der Waals surface area (Å²) in [6.45, 7) is 15.0. The van der Waals surface area contributed by atoms with Crippen molar-refractivity contribution < 1.29 is 23.5 Å². The van der Waals surface area contributed by atoms with Crippen LogP contribution >= 0.6 is 11.3 Å². The number of nitrogens with zero attached hydrogens (tertiary/aromatic N) is 6. The highest BCUT2D eigenvalue weighted by Crippen LogP contribution is 2.49. The third-order valence-electron chi connectivity index (χ3n) is 10.1. The second kappa shape index (κ2) is 17.8. The first kappa shape index (κ1) is 39.5. The van der Waals surface area contributed by atoms with Crippen molar-refractivity contribution in [3.05, 3.63) is 52.9 Å². The van der Waals surface area contributed by atoms with Crippen LogP contribution in [-0.2, 0) is 22.7 Å². The molecule has 1 aromatic carbocycles. The quantitative estimate of drug-likeness (QED) is 0.229. The minimum atomic E-state index is -2.42. The van der Waals surface area contributed by atoms with Gasteiger partial charge < -0.3 is 20.2 Å². The van der Waals surface area contributed by atoms with E-state index in [4.69, 9.17) is 5.11 Å². The Bertz CT molecular complexity index is 1500. The van der Waals surface area contributed by atoms with Crippen LogP contribution in [0.2, 0.25) is 0 Å². The van der Waals surface area contributed by atoms with Crippen LogP contribution in [0, 0.1) is 24.2 Å². The number of halogens is 2. The summed E-state index contributed by atoms with van der Waals surface area (Å²) in [5.41, 5.74) is 5.72. The van der Waals surface area contributed by atoms with Crippen LogP contribution in [0.15, 0.2) is 36.0 Å². The molecule has 10 nitrogen and oxygen atoms in total. The van der Waals surface area contributed by atoms with Gasteiger partial charge in [-0.3, -0.25) is 14.3 Å². The monoisotopic (exact) mass is 715 g/mol. The molecule has 2 N–H and O–H groups in total. The van der Waals surface area contributed by atoms with Gasteiger partial charge in [-0.2, -0.15) is 0 Å². The molecule has 3 aliphatic rings.